The molecular weight excluding hydrogens is 479 g/mol. The molecule has 0 amide bonds. The maximum absolute atomic E-state index is 14.9. The summed E-state index contributed by atoms with van der Waals surface area (Å²) in [6.07, 6.45) is 1.45. The van der Waals surface area contributed by atoms with Crippen molar-refractivity contribution in [3.05, 3.63) is 93.5 Å². The summed E-state index contributed by atoms with van der Waals surface area (Å²) in [6.45, 7) is 3.76. The first-order valence-electron chi connectivity index (χ1n) is 11.1. The molecule has 36 heavy (non-hydrogen) atoms. The number of phenols is 1. The maximum Gasteiger partial charge on any atom is 0.267 e. The summed E-state index contributed by atoms with van der Waals surface area (Å²) >= 11 is 1.37. The molecule has 0 aliphatic carbocycles. The molecule has 6 aromatic rings. The fourth-order valence-electron chi connectivity index (χ4n) is 4.41. The molecule has 0 aliphatic rings. The third kappa shape index (κ3) is 3.45. The highest BCUT2D eigenvalue weighted by atomic mass is 32.1. The van der Waals surface area contributed by atoms with E-state index in [4.69, 9.17) is 10.1 Å². The minimum atomic E-state index is -0.529. The molecule has 4 aromatic heterocycles. The highest BCUT2D eigenvalue weighted by molar-refractivity contribution is 7.16. The van der Waals surface area contributed by atoms with E-state index in [1.54, 1.807) is 41.1 Å². The molecule has 8 nitrogen and oxygen atoms in total. The number of halogens is 1. The van der Waals surface area contributed by atoms with Crippen LogP contribution in [0.15, 0.2) is 65.0 Å². The molecule has 4 heterocycles. The van der Waals surface area contributed by atoms with E-state index in [1.165, 1.54) is 28.3 Å². The van der Waals surface area contributed by atoms with E-state index in [1.807, 2.05) is 25.3 Å². The third-order valence-corrected chi connectivity index (χ3v) is 7.07. The van der Waals surface area contributed by atoms with Crippen molar-refractivity contribution in [1.82, 2.24) is 29.3 Å². The molecule has 10 heteroatoms. The van der Waals surface area contributed by atoms with E-state index < -0.39 is 5.82 Å². The van der Waals surface area contributed by atoms with Gasteiger partial charge in [0.2, 0.25) is 0 Å². The number of aromatic hydroxyl groups is 1. The van der Waals surface area contributed by atoms with Crippen molar-refractivity contribution >= 4 is 32.6 Å². The molecular formula is C26H19FN6O2S. The Kier molecular flexibility index (Phi) is 5.11. The van der Waals surface area contributed by atoms with Crippen LogP contribution in [0, 0.1) is 19.7 Å². The molecule has 0 radical (unpaired) electrons. The van der Waals surface area contributed by atoms with Crippen LogP contribution in [-0.2, 0) is 6.54 Å². The van der Waals surface area contributed by atoms with E-state index in [2.05, 4.69) is 9.97 Å². The average Bonchev–Trinajstić information content (AvgIpc) is 3.42. The SMILES string of the molecule is Cc1ncnc2c1c(-c1cccc(O)c1)nn2Cc1nc2scc(C)c2c(=O)n1-c1ccccc1F. The monoisotopic (exact) mass is 498 g/mol. The van der Waals surface area contributed by atoms with Crippen LogP contribution in [0.5, 0.6) is 5.75 Å². The van der Waals surface area contributed by atoms with Crippen LogP contribution >= 0.6 is 11.3 Å². The third-order valence-electron chi connectivity index (χ3n) is 6.08. The van der Waals surface area contributed by atoms with E-state index in [9.17, 15) is 14.3 Å². The van der Waals surface area contributed by atoms with Crippen molar-refractivity contribution in [3.63, 3.8) is 0 Å². The molecule has 6 rings (SSSR count). The number of aryl methyl sites for hydroxylation is 2. The predicted molar refractivity (Wildman–Crippen MR) is 136 cm³/mol. The second kappa shape index (κ2) is 8.35. The summed E-state index contributed by atoms with van der Waals surface area (Å²) in [7, 11) is 0. The van der Waals surface area contributed by atoms with Gasteiger partial charge in [-0.05, 0) is 49.1 Å². The Balaban J connectivity index is 1.61. The summed E-state index contributed by atoms with van der Waals surface area (Å²) in [4.78, 5) is 27.8. The number of nitrogens with zero attached hydrogens (tertiary/aromatic N) is 6. The highest BCUT2D eigenvalue weighted by Crippen LogP contribution is 2.31. The van der Waals surface area contributed by atoms with E-state index >= 15 is 0 Å². The summed E-state index contributed by atoms with van der Waals surface area (Å²) in [5.41, 5.74) is 3.11. The van der Waals surface area contributed by atoms with Gasteiger partial charge in [-0.1, -0.05) is 24.3 Å². The molecule has 178 valence electrons. The first-order valence-corrected chi connectivity index (χ1v) is 12.0. The molecule has 1 N–H and O–H groups in total. The Morgan fingerprint density at radius 3 is 2.69 bits per heavy atom. The first-order chi connectivity index (χ1) is 17.4. The lowest BCUT2D eigenvalue weighted by molar-refractivity contribution is 0.475. The van der Waals surface area contributed by atoms with Crippen molar-refractivity contribution in [3.8, 4) is 22.7 Å². The van der Waals surface area contributed by atoms with Crippen LogP contribution < -0.4 is 5.56 Å². The van der Waals surface area contributed by atoms with Crippen molar-refractivity contribution < 1.29 is 9.50 Å². The number of thiophene rings is 1. The van der Waals surface area contributed by atoms with Gasteiger partial charge in [-0.2, -0.15) is 5.10 Å². The smallest absolute Gasteiger partial charge is 0.267 e. The van der Waals surface area contributed by atoms with Gasteiger partial charge in [0.25, 0.3) is 5.56 Å². The van der Waals surface area contributed by atoms with Crippen molar-refractivity contribution in [2.45, 2.75) is 20.4 Å². The number of hydrogen-bond donors (Lipinski definition) is 1. The number of fused-ring (bicyclic) bond motifs is 2. The molecule has 0 aliphatic heterocycles. The lowest BCUT2D eigenvalue weighted by Crippen LogP contribution is -2.26. The Bertz CT molecular complexity index is 1860. The molecule has 0 unspecified atom stereocenters. The topological polar surface area (TPSA) is 98.7 Å². The van der Waals surface area contributed by atoms with Gasteiger partial charge in [0, 0.05) is 5.56 Å². The van der Waals surface area contributed by atoms with Gasteiger partial charge >= 0.3 is 0 Å². The van der Waals surface area contributed by atoms with Gasteiger partial charge < -0.3 is 5.11 Å². The minimum absolute atomic E-state index is 0.0578. The van der Waals surface area contributed by atoms with Gasteiger partial charge in [0.1, 0.15) is 40.8 Å². The van der Waals surface area contributed by atoms with Crippen LogP contribution in [0.2, 0.25) is 0 Å². The number of para-hydroxylation sites is 1. The van der Waals surface area contributed by atoms with E-state index in [0.717, 1.165) is 10.9 Å². The lowest BCUT2D eigenvalue weighted by atomic mass is 10.1. The average molecular weight is 499 g/mol. The summed E-state index contributed by atoms with van der Waals surface area (Å²) in [6, 6.07) is 12.9. The van der Waals surface area contributed by atoms with Gasteiger partial charge in [0.05, 0.1) is 22.2 Å². The maximum atomic E-state index is 14.9. The van der Waals surface area contributed by atoms with Gasteiger partial charge in [0.15, 0.2) is 5.65 Å². The molecule has 0 atom stereocenters. The Morgan fingerprint density at radius 1 is 1.06 bits per heavy atom. The van der Waals surface area contributed by atoms with Crippen LogP contribution in [0.3, 0.4) is 0 Å². The number of benzene rings is 2. The summed E-state index contributed by atoms with van der Waals surface area (Å²) in [5, 5.41) is 17.9. The zero-order valence-electron chi connectivity index (χ0n) is 19.3. The van der Waals surface area contributed by atoms with Crippen molar-refractivity contribution in [2.75, 3.05) is 0 Å². The van der Waals surface area contributed by atoms with Crippen molar-refractivity contribution in [1.29, 1.82) is 0 Å². The Labute approximate surface area is 208 Å². The summed E-state index contributed by atoms with van der Waals surface area (Å²) < 4.78 is 17.9. The number of rotatable bonds is 4. The largest absolute Gasteiger partial charge is 0.508 e. The second-order valence-corrected chi connectivity index (χ2v) is 9.29. The van der Waals surface area contributed by atoms with E-state index in [0.29, 0.717) is 38.6 Å². The molecule has 0 saturated heterocycles. The number of aromatic nitrogens is 6. The van der Waals surface area contributed by atoms with Crippen molar-refractivity contribution in [2.24, 2.45) is 0 Å². The fraction of sp³-hybridized carbons (Fsp3) is 0.115. The zero-order valence-corrected chi connectivity index (χ0v) is 20.1. The van der Waals surface area contributed by atoms with Gasteiger partial charge in [-0.3, -0.25) is 9.36 Å². The first kappa shape index (κ1) is 22.1. The molecule has 0 saturated carbocycles. The van der Waals surface area contributed by atoms with Crippen LogP contribution in [0.1, 0.15) is 17.1 Å². The Morgan fingerprint density at radius 2 is 1.89 bits per heavy atom. The fourth-order valence-corrected chi connectivity index (χ4v) is 5.34. The zero-order chi connectivity index (χ0) is 25.0. The number of hydrogen-bond acceptors (Lipinski definition) is 7. The lowest BCUT2D eigenvalue weighted by Gasteiger charge is -2.14. The van der Waals surface area contributed by atoms with Crippen LogP contribution in [0.25, 0.3) is 38.2 Å². The predicted octanol–water partition coefficient (Wildman–Crippen LogP) is 4.76. The summed E-state index contributed by atoms with van der Waals surface area (Å²) in [5.74, 6) is -0.0975. The van der Waals surface area contributed by atoms with Crippen LogP contribution in [0.4, 0.5) is 4.39 Å². The van der Waals surface area contributed by atoms with E-state index in [-0.39, 0.29) is 23.5 Å². The second-order valence-electron chi connectivity index (χ2n) is 8.43. The minimum Gasteiger partial charge on any atom is -0.508 e. The Hall–Kier alpha value is -4.44. The number of phenolic OH excluding ortho intramolecular Hbond substituents is 1. The molecule has 0 fully saturated rings. The molecule has 0 spiro atoms. The quantitative estimate of drug-likeness (QED) is 0.376. The standard InChI is InChI=1S/C26H19FN6O2S/c1-14-12-36-25-21(14)26(35)33(19-9-4-3-8-18(19)27)20(30-25)11-32-24-22(15(2)28-13-29-24)23(31-32)16-6-5-7-17(34)10-16/h3-10,12-13,34H,11H2,1-2H3. The highest BCUT2D eigenvalue weighted by Gasteiger charge is 2.22. The van der Waals surface area contributed by atoms with Gasteiger partial charge in [-0.25, -0.2) is 24.0 Å². The molecule has 0 bridgehead atoms. The molecule has 2 aromatic carbocycles. The van der Waals surface area contributed by atoms with Crippen LogP contribution in [-0.4, -0.2) is 34.4 Å². The van der Waals surface area contributed by atoms with Gasteiger partial charge in [-0.15, -0.1) is 11.3 Å². The normalized spacial score (nSPS) is 11.5.